The normalized spacial score (nSPS) is 28.5. The molecule has 0 spiro atoms. The molecule has 0 amide bonds. The van der Waals surface area contributed by atoms with E-state index in [0.29, 0.717) is 0 Å². The molecule has 1 heteroatoms. The van der Waals surface area contributed by atoms with Gasteiger partial charge in [-0.1, -0.05) is 37.0 Å². The summed E-state index contributed by atoms with van der Waals surface area (Å²) in [6, 6.07) is 7.76. The monoisotopic (exact) mass is 215 g/mol. The Morgan fingerprint density at radius 1 is 1.12 bits per heavy atom. The molecule has 2 atom stereocenters. The second-order valence-electron chi connectivity index (χ2n) is 5.49. The number of rotatable bonds is 0. The topological polar surface area (TPSA) is 3.24 Å². The van der Waals surface area contributed by atoms with Gasteiger partial charge in [0.1, 0.15) is 0 Å². The molecule has 0 radical (unpaired) electrons. The van der Waals surface area contributed by atoms with Crippen LogP contribution in [0, 0.1) is 6.92 Å². The van der Waals surface area contributed by atoms with Gasteiger partial charge in [-0.25, -0.2) is 0 Å². The smallest absolute Gasteiger partial charge is 0.0402 e. The SMILES string of the molecule is Cc1ccc2c(c1)C1CCCCCC1N2C. The summed E-state index contributed by atoms with van der Waals surface area (Å²) in [6.07, 6.45) is 7.04. The van der Waals surface area contributed by atoms with Crippen LogP contribution in [0.3, 0.4) is 0 Å². The van der Waals surface area contributed by atoms with Gasteiger partial charge in [-0.2, -0.15) is 0 Å². The van der Waals surface area contributed by atoms with E-state index in [0.717, 1.165) is 12.0 Å². The highest BCUT2D eigenvalue weighted by molar-refractivity contribution is 5.62. The lowest BCUT2D eigenvalue weighted by Gasteiger charge is -2.25. The molecule has 1 heterocycles. The van der Waals surface area contributed by atoms with E-state index < -0.39 is 0 Å². The molecule has 0 aromatic heterocycles. The van der Waals surface area contributed by atoms with Crippen LogP contribution < -0.4 is 4.90 Å². The molecule has 2 unspecified atom stereocenters. The molecule has 0 saturated heterocycles. The van der Waals surface area contributed by atoms with Crippen molar-refractivity contribution in [2.75, 3.05) is 11.9 Å². The van der Waals surface area contributed by atoms with Gasteiger partial charge in [0.15, 0.2) is 0 Å². The van der Waals surface area contributed by atoms with Gasteiger partial charge in [-0.05, 0) is 31.4 Å². The van der Waals surface area contributed by atoms with Crippen molar-refractivity contribution in [3.05, 3.63) is 29.3 Å². The number of likely N-dealkylation sites (N-methyl/N-ethyl adjacent to an activating group) is 1. The summed E-state index contributed by atoms with van der Waals surface area (Å²) in [5.74, 6) is 0.808. The lowest BCUT2D eigenvalue weighted by Crippen LogP contribution is -2.29. The average molecular weight is 215 g/mol. The van der Waals surface area contributed by atoms with Crippen LogP contribution in [-0.2, 0) is 0 Å². The Labute approximate surface area is 98.5 Å². The fourth-order valence-electron chi connectivity index (χ4n) is 3.59. The fourth-order valence-corrected chi connectivity index (χ4v) is 3.59. The molecule has 16 heavy (non-hydrogen) atoms. The van der Waals surface area contributed by atoms with E-state index in [4.69, 9.17) is 0 Å². The molecule has 0 bridgehead atoms. The summed E-state index contributed by atoms with van der Waals surface area (Å²) in [5, 5.41) is 0. The number of benzene rings is 1. The highest BCUT2D eigenvalue weighted by Gasteiger charge is 2.36. The molecule has 1 saturated carbocycles. The van der Waals surface area contributed by atoms with Crippen molar-refractivity contribution < 1.29 is 0 Å². The van der Waals surface area contributed by atoms with Crippen molar-refractivity contribution in [3.63, 3.8) is 0 Å². The van der Waals surface area contributed by atoms with Gasteiger partial charge in [0.05, 0.1) is 0 Å². The number of nitrogens with zero attached hydrogens (tertiary/aromatic N) is 1. The zero-order valence-corrected chi connectivity index (χ0v) is 10.4. The number of hydrogen-bond acceptors (Lipinski definition) is 1. The Hall–Kier alpha value is -0.980. The van der Waals surface area contributed by atoms with Crippen LogP contribution in [-0.4, -0.2) is 13.1 Å². The summed E-state index contributed by atoms with van der Waals surface area (Å²) >= 11 is 0. The Bertz CT molecular complexity index is 396. The van der Waals surface area contributed by atoms with Crippen LogP contribution in [0.15, 0.2) is 18.2 Å². The summed E-state index contributed by atoms with van der Waals surface area (Å²) in [6.45, 7) is 2.21. The van der Waals surface area contributed by atoms with E-state index in [-0.39, 0.29) is 0 Å². The van der Waals surface area contributed by atoms with Gasteiger partial charge < -0.3 is 4.90 Å². The average Bonchev–Trinajstić information content (AvgIpc) is 2.47. The minimum Gasteiger partial charge on any atom is -0.371 e. The maximum Gasteiger partial charge on any atom is 0.0402 e. The van der Waals surface area contributed by atoms with Crippen molar-refractivity contribution >= 4 is 5.69 Å². The number of hydrogen-bond donors (Lipinski definition) is 0. The van der Waals surface area contributed by atoms with Gasteiger partial charge in [-0.15, -0.1) is 0 Å². The van der Waals surface area contributed by atoms with Crippen LogP contribution >= 0.6 is 0 Å². The van der Waals surface area contributed by atoms with Gasteiger partial charge in [0.25, 0.3) is 0 Å². The molecule has 86 valence electrons. The highest BCUT2D eigenvalue weighted by atomic mass is 15.2. The van der Waals surface area contributed by atoms with Crippen LogP contribution in [0.25, 0.3) is 0 Å². The Balaban J connectivity index is 2.04. The molecule has 1 aliphatic carbocycles. The Morgan fingerprint density at radius 3 is 2.81 bits per heavy atom. The number of anilines is 1. The molecule has 0 N–H and O–H groups in total. The standard InChI is InChI=1S/C15H21N/c1-11-8-9-15-13(10-11)12-6-4-3-5-7-14(12)16(15)2/h8-10,12,14H,3-7H2,1-2H3. The summed E-state index contributed by atoms with van der Waals surface area (Å²) < 4.78 is 0. The van der Waals surface area contributed by atoms with Crippen molar-refractivity contribution in [2.24, 2.45) is 0 Å². The molecule has 1 aromatic carbocycles. The van der Waals surface area contributed by atoms with Crippen molar-refractivity contribution in [2.45, 2.75) is 51.0 Å². The molecule has 1 fully saturated rings. The highest BCUT2D eigenvalue weighted by Crippen LogP contribution is 2.46. The minimum atomic E-state index is 0.777. The third-order valence-corrected chi connectivity index (χ3v) is 4.44. The third kappa shape index (κ3) is 1.45. The maximum atomic E-state index is 2.53. The van der Waals surface area contributed by atoms with Crippen LogP contribution in [0.4, 0.5) is 5.69 Å². The number of aryl methyl sites for hydroxylation is 1. The van der Waals surface area contributed by atoms with Crippen LogP contribution in [0.2, 0.25) is 0 Å². The van der Waals surface area contributed by atoms with E-state index in [1.165, 1.54) is 43.4 Å². The van der Waals surface area contributed by atoms with Crippen LogP contribution in [0.1, 0.15) is 49.1 Å². The third-order valence-electron chi connectivity index (χ3n) is 4.44. The van der Waals surface area contributed by atoms with Crippen LogP contribution in [0.5, 0.6) is 0 Å². The second kappa shape index (κ2) is 3.80. The predicted octanol–water partition coefficient (Wildman–Crippen LogP) is 3.86. The molecular weight excluding hydrogens is 194 g/mol. The lowest BCUT2D eigenvalue weighted by atomic mass is 9.90. The van der Waals surface area contributed by atoms with E-state index in [2.05, 4.69) is 37.1 Å². The van der Waals surface area contributed by atoms with Crippen molar-refractivity contribution in [1.82, 2.24) is 0 Å². The van der Waals surface area contributed by atoms with Gasteiger partial charge in [0, 0.05) is 24.7 Å². The predicted molar refractivity (Wildman–Crippen MR) is 69.2 cm³/mol. The molecule has 1 aromatic rings. The maximum absolute atomic E-state index is 2.53. The van der Waals surface area contributed by atoms with Crippen molar-refractivity contribution in [1.29, 1.82) is 0 Å². The summed E-state index contributed by atoms with van der Waals surface area (Å²) in [4.78, 5) is 2.53. The first-order valence-electron chi connectivity index (χ1n) is 6.61. The Morgan fingerprint density at radius 2 is 1.94 bits per heavy atom. The first-order valence-corrected chi connectivity index (χ1v) is 6.61. The quantitative estimate of drug-likeness (QED) is 0.635. The van der Waals surface area contributed by atoms with E-state index in [1.54, 1.807) is 5.56 Å². The van der Waals surface area contributed by atoms with Gasteiger partial charge in [-0.3, -0.25) is 0 Å². The molecule has 3 rings (SSSR count). The number of fused-ring (bicyclic) bond motifs is 3. The van der Waals surface area contributed by atoms with Crippen molar-refractivity contribution in [3.8, 4) is 0 Å². The first kappa shape index (κ1) is 10.2. The Kier molecular flexibility index (Phi) is 2.42. The molecule has 1 aliphatic heterocycles. The van der Waals surface area contributed by atoms with Gasteiger partial charge in [0.2, 0.25) is 0 Å². The van der Waals surface area contributed by atoms with Gasteiger partial charge >= 0.3 is 0 Å². The first-order chi connectivity index (χ1) is 7.77. The molecule has 2 aliphatic rings. The second-order valence-corrected chi connectivity index (χ2v) is 5.49. The minimum absolute atomic E-state index is 0.777. The summed E-state index contributed by atoms with van der Waals surface area (Å²) in [7, 11) is 2.28. The zero-order valence-electron chi connectivity index (χ0n) is 10.4. The lowest BCUT2D eigenvalue weighted by molar-refractivity contribution is 0.518. The largest absolute Gasteiger partial charge is 0.371 e. The fraction of sp³-hybridized carbons (Fsp3) is 0.600. The molecule has 1 nitrogen and oxygen atoms in total. The van der Waals surface area contributed by atoms with E-state index in [9.17, 15) is 0 Å². The molecular formula is C15H21N. The van der Waals surface area contributed by atoms with E-state index in [1.807, 2.05) is 0 Å². The zero-order chi connectivity index (χ0) is 11.1. The summed E-state index contributed by atoms with van der Waals surface area (Å²) in [5.41, 5.74) is 4.52. The van der Waals surface area contributed by atoms with E-state index >= 15 is 0 Å².